The van der Waals surface area contributed by atoms with E-state index in [0.29, 0.717) is 34.0 Å². The third-order valence-corrected chi connectivity index (χ3v) is 3.40. The highest BCUT2D eigenvalue weighted by Gasteiger charge is 2.21. The SMILES string of the molecule is CC(C)(C)c1nc2cc(NC(=O)c3coc(CN)c3)ccc2o1.Cl. The number of fused-ring (bicyclic) bond motifs is 1. The van der Waals surface area contributed by atoms with E-state index in [2.05, 4.69) is 10.3 Å². The average molecular weight is 350 g/mol. The highest BCUT2D eigenvalue weighted by Crippen LogP contribution is 2.27. The van der Waals surface area contributed by atoms with Gasteiger partial charge in [-0.3, -0.25) is 4.79 Å². The third kappa shape index (κ3) is 3.60. The van der Waals surface area contributed by atoms with Gasteiger partial charge in [0.2, 0.25) is 5.89 Å². The summed E-state index contributed by atoms with van der Waals surface area (Å²) in [6, 6.07) is 6.99. The highest BCUT2D eigenvalue weighted by atomic mass is 35.5. The number of nitrogens with one attached hydrogen (secondary N) is 1. The van der Waals surface area contributed by atoms with Crippen molar-refractivity contribution in [1.82, 2.24) is 4.98 Å². The Labute approximate surface area is 145 Å². The molecule has 3 N–H and O–H groups in total. The van der Waals surface area contributed by atoms with E-state index in [-0.39, 0.29) is 30.3 Å². The lowest BCUT2D eigenvalue weighted by Gasteiger charge is -2.11. The molecule has 0 aliphatic carbocycles. The minimum atomic E-state index is -0.257. The molecule has 0 fully saturated rings. The van der Waals surface area contributed by atoms with Crippen molar-refractivity contribution in [3.05, 3.63) is 47.7 Å². The summed E-state index contributed by atoms with van der Waals surface area (Å²) in [7, 11) is 0. The van der Waals surface area contributed by atoms with Gasteiger partial charge in [-0.1, -0.05) is 20.8 Å². The van der Waals surface area contributed by atoms with Gasteiger partial charge in [0.25, 0.3) is 5.91 Å². The molecule has 0 bridgehead atoms. The predicted molar refractivity (Wildman–Crippen MR) is 94.5 cm³/mol. The number of anilines is 1. The predicted octanol–water partition coefficient (Wildman–Crippen LogP) is 3.85. The standard InChI is InChI=1S/C17H19N3O3.ClH/c1-17(2,3)16-20-13-7-11(4-5-14(13)23-16)19-15(21)10-6-12(8-18)22-9-10;/h4-7,9H,8,18H2,1-3H3,(H,19,21);1H. The van der Waals surface area contributed by atoms with Crippen molar-refractivity contribution < 1.29 is 13.6 Å². The summed E-state index contributed by atoms with van der Waals surface area (Å²) in [6.45, 7) is 6.37. The summed E-state index contributed by atoms with van der Waals surface area (Å²) in [5.74, 6) is 0.975. The number of carbonyl (C=O) groups is 1. The molecule has 2 aromatic heterocycles. The van der Waals surface area contributed by atoms with Crippen LogP contribution in [0.5, 0.6) is 0 Å². The molecule has 6 nitrogen and oxygen atoms in total. The lowest BCUT2D eigenvalue weighted by atomic mass is 9.97. The zero-order valence-corrected chi connectivity index (χ0v) is 14.6. The number of benzene rings is 1. The molecule has 7 heteroatoms. The second-order valence-corrected chi connectivity index (χ2v) is 6.41. The van der Waals surface area contributed by atoms with E-state index in [0.717, 1.165) is 0 Å². The maximum atomic E-state index is 12.2. The maximum Gasteiger partial charge on any atom is 0.258 e. The van der Waals surface area contributed by atoms with Crippen molar-refractivity contribution in [2.45, 2.75) is 32.7 Å². The van der Waals surface area contributed by atoms with Gasteiger partial charge in [0, 0.05) is 11.1 Å². The Hall–Kier alpha value is -2.31. The number of halogens is 1. The van der Waals surface area contributed by atoms with Crippen molar-refractivity contribution in [2.75, 3.05) is 5.32 Å². The molecular weight excluding hydrogens is 330 g/mol. The molecule has 3 rings (SSSR count). The van der Waals surface area contributed by atoms with Crippen molar-refractivity contribution in [3.63, 3.8) is 0 Å². The first-order valence-electron chi connectivity index (χ1n) is 7.37. The Kier molecular flexibility index (Phi) is 5.01. The maximum absolute atomic E-state index is 12.2. The molecular formula is C17H20ClN3O3. The van der Waals surface area contributed by atoms with Gasteiger partial charge in [-0.2, -0.15) is 0 Å². The van der Waals surface area contributed by atoms with Crippen LogP contribution in [0.2, 0.25) is 0 Å². The average Bonchev–Trinajstić information content (AvgIpc) is 3.12. The van der Waals surface area contributed by atoms with E-state index in [1.54, 1.807) is 24.3 Å². The van der Waals surface area contributed by atoms with E-state index in [9.17, 15) is 4.79 Å². The zero-order valence-electron chi connectivity index (χ0n) is 13.8. The zero-order chi connectivity index (χ0) is 16.6. The van der Waals surface area contributed by atoms with Crippen LogP contribution in [0.15, 0.2) is 39.4 Å². The van der Waals surface area contributed by atoms with E-state index < -0.39 is 0 Å². The van der Waals surface area contributed by atoms with Crippen molar-refractivity contribution in [3.8, 4) is 0 Å². The Bertz CT molecular complexity index is 861. The summed E-state index contributed by atoms with van der Waals surface area (Å²) < 4.78 is 10.9. The number of carbonyl (C=O) groups excluding carboxylic acids is 1. The van der Waals surface area contributed by atoms with Crippen molar-refractivity contribution in [2.24, 2.45) is 5.73 Å². The van der Waals surface area contributed by atoms with Gasteiger partial charge < -0.3 is 19.9 Å². The second kappa shape index (κ2) is 6.67. The van der Waals surface area contributed by atoms with Crippen LogP contribution in [0.1, 0.15) is 42.8 Å². The Morgan fingerprint density at radius 2 is 2.04 bits per heavy atom. The normalized spacial score (nSPS) is 11.3. The molecule has 0 spiro atoms. The molecule has 0 saturated carbocycles. The second-order valence-electron chi connectivity index (χ2n) is 6.41. The molecule has 0 aliphatic rings. The van der Waals surface area contributed by atoms with E-state index in [1.807, 2.05) is 20.8 Å². The van der Waals surface area contributed by atoms with Crippen LogP contribution in [0, 0.1) is 0 Å². The number of furan rings is 1. The van der Waals surface area contributed by atoms with Gasteiger partial charge in [-0.15, -0.1) is 12.4 Å². The molecule has 0 unspecified atom stereocenters. The fourth-order valence-corrected chi connectivity index (χ4v) is 2.14. The number of oxazole rings is 1. The summed E-state index contributed by atoms with van der Waals surface area (Å²) >= 11 is 0. The van der Waals surface area contributed by atoms with Gasteiger partial charge in [0.05, 0.1) is 12.1 Å². The third-order valence-electron chi connectivity index (χ3n) is 3.40. The van der Waals surface area contributed by atoms with Crippen LogP contribution in [0.3, 0.4) is 0 Å². The number of nitrogens with zero attached hydrogens (tertiary/aromatic N) is 1. The van der Waals surface area contributed by atoms with Crippen LogP contribution in [-0.2, 0) is 12.0 Å². The van der Waals surface area contributed by atoms with Crippen molar-refractivity contribution in [1.29, 1.82) is 0 Å². The van der Waals surface area contributed by atoms with E-state index in [1.165, 1.54) is 6.26 Å². The van der Waals surface area contributed by atoms with Gasteiger partial charge in [-0.25, -0.2) is 4.98 Å². The lowest BCUT2D eigenvalue weighted by molar-refractivity contribution is 0.102. The van der Waals surface area contributed by atoms with Gasteiger partial charge >= 0.3 is 0 Å². The molecule has 24 heavy (non-hydrogen) atoms. The molecule has 0 radical (unpaired) electrons. The number of hydrogen-bond acceptors (Lipinski definition) is 5. The van der Waals surface area contributed by atoms with Crippen LogP contribution in [-0.4, -0.2) is 10.9 Å². The first kappa shape index (κ1) is 18.0. The van der Waals surface area contributed by atoms with Gasteiger partial charge in [-0.05, 0) is 24.3 Å². The van der Waals surface area contributed by atoms with Crippen LogP contribution in [0.4, 0.5) is 5.69 Å². The van der Waals surface area contributed by atoms with Crippen molar-refractivity contribution >= 4 is 35.1 Å². The smallest absolute Gasteiger partial charge is 0.258 e. The number of rotatable bonds is 3. The highest BCUT2D eigenvalue weighted by molar-refractivity contribution is 6.04. The quantitative estimate of drug-likeness (QED) is 0.748. The molecule has 3 aromatic rings. The first-order valence-corrected chi connectivity index (χ1v) is 7.37. The first-order chi connectivity index (χ1) is 10.9. The van der Waals surface area contributed by atoms with E-state index in [4.69, 9.17) is 14.6 Å². The Balaban J connectivity index is 0.00000208. The summed E-state index contributed by atoms with van der Waals surface area (Å²) in [6.07, 6.45) is 1.39. The van der Waals surface area contributed by atoms with Gasteiger partial charge in [0.1, 0.15) is 17.5 Å². The number of hydrogen-bond donors (Lipinski definition) is 2. The van der Waals surface area contributed by atoms with Crippen LogP contribution < -0.4 is 11.1 Å². The largest absolute Gasteiger partial charge is 0.467 e. The molecule has 0 aliphatic heterocycles. The topological polar surface area (TPSA) is 94.3 Å². The molecule has 0 saturated heterocycles. The number of aromatic nitrogens is 1. The fraction of sp³-hybridized carbons (Fsp3) is 0.294. The summed E-state index contributed by atoms with van der Waals surface area (Å²) in [5, 5.41) is 2.81. The lowest BCUT2D eigenvalue weighted by Crippen LogP contribution is -2.11. The molecule has 0 atom stereocenters. The minimum Gasteiger partial charge on any atom is -0.467 e. The molecule has 2 heterocycles. The summed E-state index contributed by atoms with van der Waals surface area (Å²) in [4.78, 5) is 16.7. The molecule has 128 valence electrons. The van der Waals surface area contributed by atoms with E-state index >= 15 is 0 Å². The minimum absolute atomic E-state index is 0. The van der Waals surface area contributed by atoms with Crippen LogP contribution >= 0.6 is 12.4 Å². The van der Waals surface area contributed by atoms with Gasteiger partial charge in [0.15, 0.2) is 5.58 Å². The molecule has 1 amide bonds. The summed E-state index contributed by atoms with van der Waals surface area (Å²) in [5.41, 5.74) is 7.79. The Morgan fingerprint density at radius 3 is 2.67 bits per heavy atom. The molecule has 1 aromatic carbocycles. The van der Waals surface area contributed by atoms with Crippen LogP contribution in [0.25, 0.3) is 11.1 Å². The fourth-order valence-electron chi connectivity index (χ4n) is 2.14. The monoisotopic (exact) mass is 349 g/mol. The Morgan fingerprint density at radius 1 is 1.29 bits per heavy atom. The number of amides is 1. The number of nitrogens with two attached hydrogens (primary N) is 1.